The minimum Gasteiger partial charge on any atom is -0.339 e. The summed E-state index contributed by atoms with van der Waals surface area (Å²) in [6.45, 7) is 6.84. The summed E-state index contributed by atoms with van der Waals surface area (Å²) in [4.78, 5) is 30.4. The molecule has 0 saturated carbocycles. The van der Waals surface area contributed by atoms with Crippen LogP contribution in [0.25, 0.3) is 0 Å². The second-order valence-electron chi connectivity index (χ2n) is 8.67. The lowest BCUT2D eigenvalue weighted by molar-refractivity contribution is 0.0674. The predicted octanol–water partition coefficient (Wildman–Crippen LogP) is 4.33. The molecule has 2 heterocycles. The van der Waals surface area contributed by atoms with E-state index in [0.29, 0.717) is 17.2 Å². The minimum absolute atomic E-state index is 0.0353. The predicted molar refractivity (Wildman–Crippen MR) is 120 cm³/mol. The number of carbonyl (C=O) groups is 2. The van der Waals surface area contributed by atoms with Gasteiger partial charge in [-0.05, 0) is 75.4 Å². The molecule has 6 heteroatoms. The van der Waals surface area contributed by atoms with Gasteiger partial charge in [0.15, 0.2) is 0 Å². The Morgan fingerprint density at radius 1 is 0.968 bits per heavy atom. The number of para-hydroxylation sites is 1. The molecule has 0 aromatic heterocycles. The molecule has 2 aromatic carbocycles. The fourth-order valence-corrected chi connectivity index (χ4v) is 4.66. The SMILES string of the molecule is Cc1cccc(C(=O)N2CCC(CN3CCCC3)CC2)c1NC(=O)c1ccccc1F. The Hall–Kier alpha value is -2.73. The third-order valence-electron chi connectivity index (χ3n) is 6.48. The van der Waals surface area contributed by atoms with Gasteiger partial charge >= 0.3 is 0 Å². The second kappa shape index (κ2) is 9.60. The number of nitrogens with zero attached hydrogens (tertiary/aromatic N) is 2. The van der Waals surface area contributed by atoms with E-state index in [-0.39, 0.29) is 11.5 Å². The maximum atomic E-state index is 14.0. The number of halogens is 1. The summed E-state index contributed by atoms with van der Waals surface area (Å²) >= 11 is 0. The zero-order valence-electron chi connectivity index (χ0n) is 18.1. The number of carbonyl (C=O) groups excluding carboxylic acids is 2. The van der Waals surface area contributed by atoms with Gasteiger partial charge in [-0.2, -0.15) is 0 Å². The van der Waals surface area contributed by atoms with E-state index < -0.39 is 11.7 Å². The van der Waals surface area contributed by atoms with Crippen LogP contribution in [-0.4, -0.2) is 54.3 Å². The highest BCUT2D eigenvalue weighted by molar-refractivity contribution is 6.09. The smallest absolute Gasteiger partial charge is 0.258 e. The van der Waals surface area contributed by atoms with Crippen LogP contribution in [0, 0.1) is 18.7 Å². The Morgan fingerprint density at radius 3 is 2.35 bits per heavy atom. The Morgan fingerprint density at radius 2 is 1.65 bits per heavy atom. The van der Waals surface area contributed by atoms with E-state index in [1.807, 2.05) is 24.0 Å². The van der Waals surface area contributed by atoms with Gasteiger partial charge in [-0.25, -0.2) is 4.39 Å². The van der Waals surface area contributed by atoms with Crippen LogP contribution >= 0.6 is 0 Å². The van der Waals surface area contributed by atoms with Crippen LogP contribution in [0.5, 0.6) is 0 Å². The number of likely N-dealkylation sites (tertiary alicyclic amines) is 2. The van der Waals surface area contributed by atoms with Crippen LogP contribution < -0.4 is 5.32 Å². The summed E-state index contributed by atoms with van der Waals surface area (Å²) in [5.74, 6) is -0.570. The van der Waals surface area contributed by atoms with Crippen molar-refractivity contribution in [3.8, 4) is 0 Å². The van der Waals surface area contributed by atoms with Gasteiger partial charge in [0.25, 0.3) is 11.8 Å². The molecule has 2 aromatic rings. The fourth-order valence-electron chi connectivity index (χ4n) is 4.66. The number of anilines is 1. The summed E-state index contributed by atoms with van der Waals surface area (Å²) < 4.78 is 14.0. The first-order chi connectivity index (χ1) is 15.0. The van der Waals surface area contributed by atoms with Crippen molar-refractivity contribution in [2.24, 2.45) is 5.92 Å². The molecule has 2 amide bonds. The number of rotatable bonds is 5. The van der Waals surface area contributed by atoms with Crippen molar-refractivity contribution in [3.05, 3.63) is 65.0 Å². The van der Waals surface area contributed by atoms with Crippen LogP contribution in [0.1, 0.15) is 52.0 Å². The number of amides is 2. The maximum absolute atomic E-state index is 14.0. The number of piperidine rings is 1. The average Bonchev–Trinajstić information content (AvgIpc) is 3.28. The number of aryl methyl sites for hydroxylation is 1. The van der Waals surface area contributed by atoms with E-state index in [0.717, 1.165) is 38.0 Å². The highest BCUT2D eigenvalue weighted by Crippen LogP contribution is 2.27. The molecular weight excluding hydrogens is 393 g/mol. The van der Waals surface area contributed by atoms with Crippen molar-refractivity contribution in [2.75, 3.05) is 38.0 Å². The van der Waals surface area contributed by atoms with Gasteiger partial charge in [0, 0.05) is 19.6 Å². The molecule has 2 aliphatic heterocycles. The first kappa shape index (κ1) is 21.5. The van der Waals surface area contributed by atoms with Crippen LogP contribution in [0.2, 0.25) is 0 Å². The van der Waals surface area contributed by atoms with Gasteiger partial charge in [0.2, 0.25) is 0 Å². The lowest BCUT2D eigenvalue weighted by Gasteiger charge is -2.34. The molecule has 0 radical (unpaired) electrons. The number of benzene rings is 2. The first-order valence-electron chi connectivity index (χ1n) is 11.2. The van der Waals surface area contributed by atoms with Crippen molar-refractivity contribution < 1.29 is 14.0 Å². The standard InChI is InChI=1S/C25H30FN3O2/c1-18-7-6-9-21(23(18)27-24(30)20-8-2-3-10-22(20)26)25(31)29-15-11-19(12-16-29)17-28-13-4-5-14-28/h2-3,6-10,19H,4-5,11-17H2,1H3,(H,27,30). The van der Waals surface area contributed by atoms with Crippen molar-refractivity contribution in [2.45, 2.75) is 32.6 Å². The third kappa shape index (κ3) is 4.96. The highest BCUT2D eigenvalue weighted by atomic mass is 19.1. The molecule has 5 nitrogen and oxygen atoms in total. The molecule has 164 valence electrons. The largest absolute Gasteiger partial charge is 0.339 e. The highest BCUT2D eigenvalue weighted by Gasteiger charge is 2.27. The third-order valence-corrected chi connectivity index (χ3v) is 6.48. The molecule has 2 saturated heterocycles. The Kier molecular flexibility index (Phi) is 6.66. The lowest BCUT2D eigenvalue weighted by atomic mass is 9.95. The van der Waals surface area contributed by atoms with Gasteiger partial charge in [-0.3, -0.25) is 9.59 Å². The van der Waals surface area contributed by atoms with Gasteiger partial charge in [-0.15, -0.1) is 0 Å². The van der Waals surface area contributed by atoms with E-state index in [2.05, 4.69) is 10.2 Å². The zero-order valence-corrected chi connectivity index (χ0v) is 18.1. The molecule has 1 N–H and O–H groups in total. The van der Waals surface area contributed by atoms with Crippen molar-refractivity contribution in [3.63, 3.8) is 0 Å². The van der Waals surface area contributed by atoms with Gasteiger partial charge < -0.3 is 15.1 Å². The quantitative estimate of drug-likeness (QED) is 0.779. The summed E-state index contributed by atoms with van der Waals surface area (Å²) in [6.07, 6.45) is 4.61. The molecule has 4 rings (SSSR count). The minimum atomic E-state index is -0.582. The molecule has 31 heavy (non-hydrogen) atoms. The number of hydrogen-bond acceptors (Lipinski definition) is 3. The molecule has 0 spiro atoms. The van der Waals surface area contributed by atoms with Gasteiger partial charge in [-0.1, -0.05) is 24.3 Å². The summed E-state index contributed by atoms with van der Waals surface area (Å²) in [7, 11) is 0. The van der Waals surface area contributed by atoms with Crippen LogP contribution in [0.3, 0.4) is 0 Å². The van der Waals surface area contributed by atoms with Crippen molar-refractivity contribution in [1.29, 1.82) is 0 Å². The van der Waals surface area contributed by atoms with Crippen LogP contribution in [0.15, 0.2) is 42.5 Å². The maximum Gasteiger partial charge on any atom is 0.258 e. The molecule has 0 unspecified atom stereocenters. The monoisotopic (exact) mass is 423 g/mol. The molecule has 2 fully saturated rings. The van der Waals surface area contributed by atoms with Gasteiger partial charge in [0.1, 0.15) is 5.82 Å². The topological polar surface area (TPSA) is 52.7 Å². The molecular formula is C25H30FN3O2. The van der Waals surface area contributed by atoms with E-state index >= 15 is 0 Å². The summed E-state index contributed by atoms with van der Waals surface area (Å²) in [5.41, 5.74) is 1.66. The normalized spacial score (nSPS) is 17.7. The van der Waals surface area contributed by atoms with Gasteiger partial charge in [0.05, 0.1) is 16.8 Å². The molecule has 0 atom stereocenters. The zero-order chi connectivity index (χ0) is 21.8. The summed E-state index contributed by atoms with van der Waals surface area (Å²) in [6, 6.07) is 11.3. The Bertz CT molecular complexity index is 948. The fraction of sp³-hybridized carbons (Fsp3) is 0.440. The second-order valence-corrected chi connectivity index (χ2v) is 8.67. The molecule has 0 aliphatic carbocycles. The molecule has 2 aliphatic rings. The Balaban J connectivity index is 1.44. The first-order valence-corrected chi connectivity index (χ1v) is 11.2. The van der Waals surface area contributed by atoms with E-state index in [4.69, 9.17) is 0 Å². The van der Waals surface area contributed by atoms with Crippen LogP contribution in [0.4, 0.5) is 10.1 Å². The van der Waals surface area contributed by atoms with E-state index in [9.17, 15) is 14.0 Å². The lowest BCUT2D eigenvalue weighted by Crippen LogP contribution is -2.41. The molecule has 0 bridgehead atoms. The van der Waals surface area contributed by atoms with Crippen molar-refractivity contribution in [1.82, 2.24) is 9.80 Å². The van der Waals surface area contributed by atoms with E-state index in [1.54, 1.807) is 18.2 Å². The average molecular weight is 424 g/mol. The number of nitrogens with one attached hydrogen (secondary N) is 1. The van der Waals surface area contributed by atoms with Crippen molar-refractivity contribution >= 4 is 17.5 Å². The Labute approximate surface area is 183 Å². The number of hydrogen-bond donors (Lipinski definition) is 1. The summed E-state index contributed by atoms with van der Waals surface area (Å²) in [5, 5.41) is 2.78. The van der Waals surface area contributed by atoms with E-state index in [1.165, 1.54) is 38.1 Å². The van der Waals surface area contributed by atoms with Crippen LogP contribution in [-0.2, 0) is 0 Å².